The molecule has 1 aromatic rings. The quantitative estimate of drug-likeness (QED) is 0.627. The van der Waals surface area contributed by atoms with Gasteiger partial charge in [0.25, 0.3) is 0 Å². The summed E-state index contributed by atoms with van der Waals surface area (Å²) in [7, 11) is -3.90. The number of pyridine rings is 1. The van der Waals surface area contributed by atoms with Gasteiger partial charge in [-0.05, 0) is 12.1 Å². The number of hydrogen-bond acceptors (Lipinski definition) is 5. The minimum absolute atomic E-state index is 0.0820. The van der Waals surface area contributed by atoms with E-state index in [9.17, 15) is 8.42 Å². The second-order valence-corrected chi connectivity index (χ2v) is 3.30. The van der Waals surface area contributed by atoms with Crippen molar-refractivity contribution in [1.29, 1.82) is 0 Å². The topological polar surface area (TPSA) is 88.5 Å². The summed E-state index contributed by atoms with van der Waals surface area (Å²) >= 11 is 0. The van der Waals surface area contributed by atoms with E-state index in [0.29, 0.717) is 0 Å². The van der Waals surface area contributed by atoms with Gasteiger partial charge in [-0.2, -0.15) is 8.42 Å². The number of hydrogen-bond donors (Lipinski definition) is 2. The SMILES string of the molecule is O=S(=O)(Nc1cccnc1)O[B]O. The molecule has 0 aromatic carbocycles. The van der Waals surface area contributed by atoms with Gasteiger partial charge in [-0.15, -0.1) is 0 Å². The summed E-state index contributed by atoms with van der Waals surface area (Å²) in [6.45, 7) is 0. The molecule has 1 aromatic heterocycles. The molecule has 2 N–H and O–H groups in total. The van der Waals surface area contributed by atoms with Crippen LogP contribution in [-0.2, 0) is 14.4 Å². The van der Waals surface area contributed by atoms with Gasteiger partial charge >= 0.3 is 18.0 Å². The van der Waals surface area contributed by atoms with Crippen LogP contribution < -0.4 is 4.72 Å². The Morgan fingerprint density at radius 3 is 2.92 bits per heavy atom. The molecule has 1 heterocycles. The molecular formula is C5H6BN2O4S. The van der Waals surface area contributed by atoms with Crippen molar-refractivity contribution < 1.29 is 17.5 Å². The van der Waals surface area contributed by atoms with Crippen molar-refractivity contribution in [2.45, 2.75) is 0 Å². The highest BCUT2D eigenvalue weighted by atomic mass is 32.2. The lowest BCUT2D eigenvalue weighted by atomic mass is 10.4. The van der Waals surface area contributed by atoms with Crippen molar-refractivity contribution in [3.05, 3.63) is 24.5 Å². The van der Waals surface area contributed by atoms with Crippen LogP contribution in [0.2, 0.25) is 0 Å². The van der Waals surface area contributed by atoms with Crippen molar-refractivity contribution in [3.8, 4) is 0 Å². The zero-order valence-corrected chi connectivity index (χ0v) is 7.23. The third kappa shape index (κ3) is 3.41. The van der Waals surface area contributed by atoms with E-state index in [0.717, 1.165) is 0 Å². The Morgan fingerprint density at radius 2 is 2.38 bits per heavy atom. The molecule has 0 amide bonds. The third-order valence-corrected chi connectivity index (χ3v) is 1.90. The smallest absolute Gasteiger partial charge is 0.428 e. The Balaban J connectivity index is 2.70. The van der Waals surface area contributed by atoms with E-state index in [1.165, 1.54) is 18.5 Å². The standard InChI is InChI=1S/C5H6BN2O4S/c9-6-12-13(10,11)8-5-2-1-3-7-4-5/h1-4,8-9H. The van der Waals surface area contributed by atoms with Crippen molar-refractivity contribution >= 4 is 23.7 Å². The fourth-order valence-corrected chi connectivity index (χ4v) is 1.22. The molecule has 0 saturated carbocycles. The minimum Gasteiger partial charge on any atom is -0.428 e. The van der Waals surface area contributed by atoms with Crippen LogP contribution in [0.5, 0.6) is 0 Å². The largest absolute Gasteiger partial charge is 0.503 e. The minimum atomic E-state index is -3.98. The molecule has 0 aliphatic heterocycles. The summed E-state index contributed by atoms with van der Waals surface area (Å²) in [6, 6.07) is 3.05. The molecule has 0 aliphatic carbocycles. The highest BCUT2D eigenvalue weighted by Crippen LogP contribution is 2.05. The van der Waals surface area contributed by atoms with E-state index in [1.807, 2.05) is 4.72 Å². The molecule has 69 valence electrons. The first-order valence-corrected chi connectivity index (χ1v) is 4.62. The molecule has 0 aliphatic rings. The van der Waals surface area contributed by atoms with Crippen molar-refractivity contribution in [3.63, 3.8) is 0 Å². The molecule has 0 unspecified atom stereocenters. The van der Waals surface area contributed by atoms with E-state index in [4.69, 9.17) is 5.02 Å². The van der Waals surface area contributed by atoms with Gasteiger partial charge in [-0.3, -0.25) is 13.8 Å². The lowest BCUT2D eigenvalue weighted by Crippen LogP contribution is -2.18. The van der Waals surface area contributed by atoms with Gasteiger partial charge in [-0.1, -0.05) is 0 Å². The van der Waals surface area contributed by atoms with Crippen molar-refractivity contribution in [1.82, 2.24) is 4.98 Å². The van der Waals surface area contributed by atoms with Gasteiger partial charge in [0.1, 0.15) is 0 Å². The number of nitrogens with one attached hydrogen (secondary N) is 1. The van der Waals surface area contributed by atoms with Crippen LogP contribution in [0.25, 0.3) is 0 Å². The maximum absolute atomic E-state index is 10.8. The van der Waals surface area contributed by atoms with Gasteiger partial charge < -0.3 is 5.02 Å². The third-order valence-electron chi connectivity index (χ3n) is 1.07. The molecule has 1 rings (SSSR count). The second kappa shape index (κ2) is 4.22. The Labute approximate surface area is 76.1 Å². The van der Waals surface area contributed by atoms with Crippen LogP contribution in [0.1, 0.15) is 0 Å². The van der Waals surface area contributed by atoms with Crippen molar-refractivity contribution in [2.75, 3.05) is 4.72 Å². The van der Waals surface area contributed by atoms with Crippen LogP contribution >= 0.6 is 0 Å². The maximum atomic E-state index is 10.8. The number of aromatic nitrogens is 1. The summed E-state index contributed by atoms with van der Waals surface area (Å²) in [5.74, 6) is 0. The van der Waals surface area contributed by atoms with E-state index in [2.05, 4.69) is 9.08 Å². The van der Waals surface area contributed by atoms with E-state index in [-0.39, 0.29) is 13.4 Å². The molecule has 13 heavy (non-hydrogen) atoms. The molecule has 0 saturated heterocycles. The van der Waals surface area contributed by atoms with Crippen LogP contribution in [-0.4, -0.2) is 26.1 Å². The Bertz CT molecular complexity index is 354. The van der Waals surface area contributed by atoms with Gasteiger partial charge in [0, 0.05) is 6.20 Å². The molecule has 8 heteroatoms. The van der Waals surface area contributed by atoms with E-state index >= 15 is 0 Å². The predicted octanol–water partition coefficient (Wildman–Crippen LogP) is -0.719. The summed E-state index contributed by atoms with van der Waals surface area (Å²) in [5, 5.41) is 8.10. The number of anilines is 1. The Kier molecular flexibility index (Phi) is 3.23. The average Bonchev–Trinajstić information content (AvgIpc) is 2.04. The Morgan fingerprint density at radius 1 is 1.62 bits per heavy atom. The molecule has 6 nitrogen and oxygen atoms in total. The zero-order valence-electron chi connectivity index (χ0n) is 6.41. The molecule has 0 bridgehead atoms. The zero-order chi connectivity index (χ0) is 9.73. The molecule has 1 radical (unpaired) electrons. The van der Waals surface area contributed by atoms with E-state index < -0.39 is 10.3 Å². The fraction of sp³-hybridized carbons (Fsp3) is 0. The molecule has 0 fully saturated rings. The number of nitrogens with zero attached hydrogens (tertiary/aromatic N) is 1. The summed E-state index contributed by atoms with van der Waals surface area (Å²) < 4.78 is 27.6. The highest BCUT2D eigenvalue weighted by Gasteiger charge is 2.10. The van der Waals surface area contributed by atoms with Crippen LogP contribution in [0, 0.1) is 0 Å². The van der Waals surface area contributed by atoms with Gasteiger partial charge in [0.2, 0.25) is 0 Å². The van der Waals surface area contributed by atoms with Gasteiger partial charge in [-0.25, -0.2) is 0 Å². The average molecular weight is 201 g/mol. The second-order valence-electron chi connectivity index (χ2n) is 2.00. The molecule has 0 atom stereocenters. The summed E-state index contributed by atoms with van der Waals surface area (Å²) in [4.78, 5) is 3.67. The first-order valence-electron chi connectivity index (χ1n) is 3.21. The monoisotopic (exact) mass is 201 g/mol. The van der Waals surface area contributed by atoms with Crippen molar-refractivity contribution in [2.24, 2.45) is 0 Å². The van der Waals surface area contributed by atoms with Crippen LogP contribution in [0.4, 0.5) is 5.69 Å². The summed E-state index contributed by atoms with van der Waals surface area (Å²) in [5.41, 5.74) is 0.254. The number of rotatable bonds is 4. The van der Waals surface area contributed by atoms with E-state index in [1.54, 1.807) is 6.07 Å². The first-order chi connectivity index (χ1) is 6.14. The molecule has 0 spiro atoms. The normalized spacial score (nSPS) is 10.8. The van der Waals surface area contributed by atoms with Crippen LogP contribution in [0.15, 0.2) is 24.5 Å². The van der Waals surface area contributed by atoms with Gasteiger partial charge in [0.05, 0.1) is 11.9 Å². The Hall–Kier alpha value is -1.12. The lowest BCUT2D eigenvalue weighted by molar-refractivity contribution is 0.439. The highest BCUT2D eigenvalue weighted by molar-refractivity contribution is 7.88. The van der Waals surface area contributed by atoms with Gasteiger partial charge in [0.15, 0.2) is 0 Å². The fourth-order valence-electron chi connectivity index (χ4n) is 0.648. The molecular weight excluding hydrogens is 195 g/mol. The van der Waals surface area contributed by atoms with Crippen LogP contribution in [0.3, 0.4) is 0 Å². The maximum Gasteiger partial charge on any atom is 0.503 e. The lowest BCUT2D eigenvalue weighted by Gasteiger charge is -2.04. The first kappa shape index (κ1) is 9.97. The summed E-state index contributed by atoms with van der Waals surface area (Å²) in [6.07, 6.45) is 2.80. The predicted molar refractivity (Wildman–Crippen MR) is 45.8 cm³/mol.